The average Bonchev–Trinajstić information content (AvgIpc) is 2.94. The summed E-state index contributed by atoms with van der Waals surface area (Å²) in [5.41, 5.74) is 0. The van der Waals surface area contributed by atoms with Gasteiger partial charge in [-0.25, -0.2) is 9.97 Å². The van der Waals surface area contributed by atoms with Gasteiger partial charge in [0.05, 0.1) is 6.61 Å². The summed E-state index contributed by atoms with van der Waals surface area (Å²) in [7, 11) is 1.68. The first kappa shape index (κ1) is 14.5. The maximum atomic E-state index is 5.24. The van der Waals surface area contributed by atoms with Crippen molar-refractivity contribution in [3.8, 4) is 11.6 Å². The molecule has 2 rings (SSSR count). The van der Waals surface area contributed by atoms with E-state index >= 15 is 0 Å². The summed E-state index contributed by atoms with van der Waals surface area (Å²) in [6, 6.07) is 1.90. The summed E-state index contributed by atoms with van der Waals surface area (Å²) in [5, 5.41) is 7.28. The van der Waals surface area contributed by atoms with E-state index in [1.54, 1.807) is 25.6 Å². The summed E-state index contributed by atoms with van der Waals surface area (Å²) in [5.74, 6) is 1.43. The van der Waals surface area contributed by atoms with Crippen LogP contribution in [0.25, 0.3) is 11.6 Å². The molecule has 0 spiro atoms. The van der Waals surface area contributed by atoms with E-state index in [2.05, 4.69) is 32.3 Å². The monoisotopic (exact) mass is 277 g/mol. The number of aromatic nitrogens is 4. The smallest absolute Gasteiger partial charge is 0.240 e. The van der Waals surface area contributed by atoms with Gasteiger partial charge in [0.15, 0.2) is 0 Å². The van der Waals surface area contributed by atoms with E-state index in [9.17, 15) is 0 Å². The number of nitrogens with one attached hydrogen (secondary N) is 1. The Morgan fingerprint density at radius 2 is 2.10 bits per heavy atom. The lowest BCUT2D eigenvalue weighted by Gasteiger charge is -2.15. The molecule has 0 aromatic carbocycles. The molecule has 0 aliphatic rings. The van der Waals surface area contributed by atoms with Crippen molar-refractivity contribution in [2.24, 2.45) is 0 Å². The Morgan fingerprint density at radius 1 is 1.30 bits per heavy atom. The molecule has 0 saturated heterocycles. The lowest BCUT2D eigenvalue weighted by atomic mass is 10.2. The standard InChI is InChI=1S/C13H19N5O2/c1-3-5-14-10(9-19-2)8-11-17-13(18-20-11)12-15-6-4-7-16-12/h4,6-7,10,14H,3,5,8-9H2,1-2H3. The number of rotatable bonds is 8. The van der Waals surface area contributed by atoms with E-state index in [-0.39, 0.29) is 6.04 Å². The summed E-state index contributed by atoms with van der Waals surface area (Å²) in [6.45, 7) is 3.64. The summed E-state index contributed by atoms with van der Waals surface area (Å²) in [4.78, 5) is 12.5. The molecule has 108 valence electrons. The van der Waals surface area contributed by atoms with Gasteiger partial charge in [-0.1, -0.05) is 12.1 Å². The predicted octanol–water partition coefficient (Wildman–Crippen LogP) is 1.08. The van der Waals surface area contributed by atoms with Crippen molar-refractivity contribution in [2.45, 2.75) is 25.8 Å². The highest BCUT2D eigenvalue weighted by molar-refractivity contribution is 5.40. The van der Waals surface area contributed by atoms with Crippen LogP contribution >= 0.6 is 0 Å². The Balaban J connectivity index is 2.00. The van der Waals surface area contributed by atoms with Crippen LogP contribution in [0, 0.1) is 0 Å². The molecular weight excluding hydrogens is 258 g/mol. The normalized spacial score (nSPS) is 12.5. The van der Waals surface area contributed by atoms with Crippen LogP contribution in [0.3, 0.4) is 0 Å². The fourth-order valence-electron chi connectivity index (χ4n) is 1.79. The van der Waals surface area contributed by atoms with E-state index in [0.29, 0.717) is 30.6 Å². The van der Waals surface area contributed by atoms with Crippen molar-refractivity contribution >= 4 is 0 Å². The summed E-state index contributed by atoms with van der Waals surface area (Å²) < 4.78 is 10.4. The van der Waals surface area contributed by atoms with Crippen molar-refractivity contribution in [1.82, 2.24) is 25.4 Å². The molecule has 1 atom stereocenters. The van der Waals surface area contributed by atoms with Gasteiger partial charge in [0.1, 0.15) is 0 Å². The van der Waals surface area contributed by atoms with Crippen molar-refractivity contribution in [3.63, 3.8) is 0 Å². The van der Waals surface area contributed by atoms with E-state index in [0.717, 1.165) is 13.0 Å². The van der Waals surface area contributed by atoms with Crippen LogP contribution in [0.2, 0.25) is 0 Å². The molecule has 0 saturated carbocycles. The number of methoxy groups -OCH3 is 1. The molecule has 0 aliphatic carbocycles. The third-order valence-electron chi connectivity index (χ3n) is 2.71. The molecule has 0 bridgehead atoms. The number of hydrogen-bond acceptors (Lipinski definition) is 7. The molecule has 0 fully saturated rings. The van der Waals surface area contributed by atoms with Gasteiger partial charge in [0.25, 0.3) is 0 Å². The Kier molecular flexibility index (Phi) is 5.57. The van der Waals surface area contributed by atoms with Crippen LogP contribution in [0.1, 0.15) is 19.2 Å². The van der Waals surface area contributed by atoms with Gasteiger partial charge in [-0.15, -0.1) is 0 Å². The van der Waals surface area contributed by atoms with Gasteiger partial charge in [0.2, 0.25) is 17.5 Å². The first-order chi connectivity index (χ1) is 9.83. The van der Waals surface area contributed by atoms with Gasteiger partial charge in [0, 0.05) is 32.0 Å². The predicted molar refractivity (Wildman–Crippen MR) is 73.0 cm³/mol. The fraction of sp³-hybridized carbons (Fsp3) is 0.538. The Morgan fingerprint density at radius 3 is 2.80 bits per heavy atom. The highest BCUT2D eigenvalue weighted by Gasteiger charge is 2.15. The minimum absolute atomic E-state index is 0.157. The minimum Gasteiger partial charge on any atom is -0.383 e. The van der Waals surface area contributed by atoms with Crippen molar-refractivity contribution in [3.05, 3.63) is 24.4 Å². The maximum absolute atomic E-state index is 5.24. The number of nitrogens with zero attached hydrogens (tertiary/aromatic N) is 4. The third kappa shape index (κ3) is 4.07. The molecule has 1 unspecified atom stereocenters. The zero-order valence-electron chi connectivity index (χ0n) is 11.7. The topological polar surface area (TPSA) is 86.0 Å². The molecular formula is C13H19N5O2. The zero-order valence-corrected chi connectivity index (χ0v) is 11.7. The fourth-order valence-corrected chi connectivity index (χ4v) is 1.79. The molecule has 7 heteroatoms. The summed E-state index contributed by atoms with van der Waals surface area (Å²) >= 11 is 0. The summed E-state index contributed by atoms with van der Waals surface area (Å²) in [6.07, 6.45) is 4.98. The van der Waals surface area contributed by atoms with Gasteiger partial charge in [-0.3, -0.25) is 0 Å². The number of hydrogen-bond donors (Lipinski definition) is 1. The van der Waals surface area contributed by atoms with Crippen LogP contribution in [0.5, 0.6) is 0 Å². The molecule has 2 heterocycles. The lowest BCUT2D eigenvalue weighted by Crippen LogP contribution is -2.35. The lowest BCUT2D eigenvalue weighted by molar-refractivity contribution is 0.161. The first-order valence-corrected chi connectivity index (χ1v) is 6.65. The Hall–Kier alpha value is -1.86. The van der Waals surface area contributed by atoms with Crippen molar-refractivity contribution < 1.29 is 9.26 Å². The van der Waals surface area contributed by atoms with Gasteiger partial charge in [-0.2, -0.15) is 4.98 Å². The Labute approximate surface area is 117 Å². The largest absolute Gasteiger partial charge is 0.383 e. The van der Waals surface area contributed by atoms with Crippen LogP contribution in [0.4, 0.5) is 0 Å². The average molecular weight is 277 g/mol. The molecule has 20 heavy (non-hydrogen) atoms. The minimum atomic E-state index is 0.157. The number of ether oxygens (including phenoxy) is 1. The van der Waals surface area contributed by atoms with Crippen LogP contribution in [-0.2, 0) is 11.2 Å². The highest BCUT2D eigenvalue weighted by atomic mass is 16.5. The molecule has 0 amide bonds. The van der Waals surface area contributed by atoms with Crippen LogP contribution in [0.15, 0.2) is 23.0 Å². The van der Waals surface area contributed by atoms with Crippen molar-refractivity contribution in [2.75, 3.05) is 20.3 Å². The molecule has 0 aliphatic heterocycles. The second-order valence-corrected chi connectivity index (χ2v) is 4.39. The Bertz CT molecular complexity index is 502. The van der Waals surface area contributed by atoms with E-state index < -0.39 is 0 Å². The second-order valence-electron chi connectivity index (χ2n) is 4.39. The second kappa shape index (κ2) is 7.66. The van der Waals surface area contributed by atoms with Gasteiger partial charge in [-0.05, 0) is 19.0 Å². The third-order valence-corrected chi connectivity index (χ3v) is 2.71. The first-order valence-electron chi connectivity index (χ1n) is 6.65. The van der Waals surface area contributed by atoms with E-state index in [1.165, 1.54) is 0 Å². The SMILES string of the molecule is CCCNC(COC)Cc1nc(-c2ncccn2)no1. The molecule has 2 aromatic rings. The quantitative estimate of drug-likeness (QED) is 0.772. The maximum Gasteiger partial charge on any atom is 0.240 e. The molecule has 0 radical (unpaired) electrons. The van der Waals surface area contributed by atoms with E-state index in [1.807, 2.05) is 0 Å². The molecule has 1 N–H and O–H groups in total. The van der Waals surface area contributed by atoms with Crippen LogP contribution < -0.4 is 5.32 Å². The molecule has 2 aromatic heterocycles. The van der Waals surface area contributed by atoms with E-state index in [4.69, 9.17) is 9.26 Å². The van der Waals surface area contributed by atoms with Crippen molar-refractivity contribution in [1.29, 1.82) is 0 Å². The van der Waals surface area contributed by atoms with Crippen LogP contribution in [-0.4, -0.2) is 46.4 Å². The zero-order chi connectivity index (χ0) is 14.2. The van der Waals surface area contributed by atoms with Gasteiger partial charge >= 0.3 is 0 Å². The molecule has 7 nitrogen and oxygen atoms in total. The highest BCUT2D eigenvalue weighted by Crippen LogP contribution is 2.10. The van der Waals surface area contributed by atoms with Gasteiger partial charge < -0.3 is 14.6 Å².